The van der Waals surface area contributed by atoms with E-state index in [-0.39, 0.29) is 10.6 Å². The van der Waals surface area contributed by atoms with E-state index < -0.39 is 0 Å². The van der Waals surface area contributed by atoms with E-state index in [1.807, 2.05) is 6.07 Å². The molecule has 1 aromatic carbocycles. The molecule has 0 aliphatic heterocycles. The molecule has 1 rings (SSSR count). The molecule has 0 N–H and O–H groups in total. The Bertz CT molecular complexity index is 430. The highest BCUT2D eigenvalue weighted by molar-refractivity contribution is 6.17. The van der Waals surface area contributed by atoms with Gasteiger partial charge in [-0.2, -0.15) is 0 Å². The molecule has 0 aliphatic rings. The summed E-state index contributed by atoms with van der Waals surface area (Å²) in [6.45, 7) is 6.27. The Morgan fingerprint density at radius 1 is 1.20 bits per heavy atom. The van der Waals surface area contributed by atoms with Gasteiger partial charge >= 0.3 is 0 Å². The lowest BCUT2D eigenvalue weighted by atomic mass is 10.1. The summed E-state index contributed by atoms with van der Waals surface area (Å²) in [4.78, 5) is 12.8. The maximum Gasteiger partial charge on any atom is 0.269 e. The van der Waals surface area contributed by atoms with Gasteiger partial charge in [-0.3, -0.25) is 10.1 Å². The molecule has 5 heteroatoms. The minimum Gasteiger partial charge on any atom is -0.371 e. The quantitative estimate of drug-likeness (QED) is 0.376. The number of anilines is 1. The van der Waals surface area contributed by atoms with Gasteiger partial charge in [0.1, 0.15) is 0 Å². The number of non-ortho nitro benzene ring substituents is 1. The average molecular weight is 299 g/mol. The highest BCUT2D eigenvalue weighted by Crippen LogP contribution is 2.27. The molecule has 0 spiro atoms. The van der Waals surface area contributed by atoms with Gasteiger partial charge in [0.2, 0.25) is 0 Å². The molecule has 0 amide bonds. The van der Waals surface area contributed by atoms with Gasteiger partial charge in [-0.15, -0.1) is 11.6 Å². The molecule has 0 aliphatic carbocycles. The zero-order chi connectivity index (χ0) is 15.0. The maximum absolute atomic E-state index is 10.8. The number of nitro benzene ring substituents is 1. The van der Waals surface area contributed by atoms with Crippen LogP contribution in [0, 0.1) is 10.1 Å². The second-order valence-electron chi connectivity index (χ2n) is 4.90. The second-order valence-corrected chi connectivity index (χ2v) is 5.17. The van der Waals surface area contributed by atoms with Crippen molar-refractivity contribution in [2.24, 2.45) is 0 Å². The first-order valence-corrected chi connectivity index (χ1v) is 7.75. The fourth-order valence-electron chi connectivity index (χ4n) is 2.15. The van der Waals surface area contributed by atoms with Crippen molar-refractivity contribution in [3.8, 4) is 0 Å². The number of rotatable bonds is 9. The van der Waals surface area contributed by atoms with Crippen LogP contribution in [-0.2, 0) is 5.88 Å². The monoisotopic (exact) mass is 298 g/mol. The lowest BCUT2D eigenvalue weighted by Gasteiger charge is -2.26. The molecule has 0 bridgehead atoms. The van der Waals surface area contributed by atoms with Crippen molar-refractivity contribution < 1.29 is 4.92 Å². The second kappa shape index (κ2) is 8.80. The van der Waals surface area contributed by atoms with Crippen molar-refractivity contribution in [1.29, 1.82) is 0 Å². The fraction of sp³-hybridized carbons (Fsp3) is 0.600. The largest absolute Gasteiger partial charge is 0.371 e. The molecule has 112 valence electrons. The Kier molecular flexibility index (Phi) is 7.37. The van der Waals surface area contributed by atoms with Crippen LogP contribution >= 0.6 is 11.6 Å². The van der Waals surface area contributed by atoms with Crippen molar-refractivity contribution in [2.75, 3.05) is 18.0 Å². The molecule has 1 aromatic rings. The smallest absolute Gasteiger partial charge is 0.269 e. The molecule has 0 unspecified atom stereocenters. The van der Waals surface area contributed by atoms with Gasteiger partial charge in [-0.05, 0) is 24.5 Å². The SMILES string of the molecule is CCCCN(CCCC)c1ccc([N+](=O)[O-])cc1CCl. The van der Waals surface area contributed by atoms with E-state index in [1.165, 1.54) is 0 Å². The van der Waals surface area contributed by atoms with Crippen LogP contribution in [0.3, 0.4) is 0 Å². The predicted molar refractivity (Wildman–Crippen MR) is 84.7 cm³/mol. The number of benzene rings is 1. The van der Waals surface area contributed by atoms with E-state index in [1.54, 1.807) is 12.1 Å². The normalized spacial score (nSPS) is 10.6. The third-order valence-corrected chi connectivity index (χ3v) is 3.61. The van der Waals surface area contributed by atoms with Crippen molar-refractivity contribution in [1.82, 2.24) is 0 Å². The molecule has 0 atom stereocenters. The number of halogens is 1. The molecule has 0 fully saturated rings. The van der Waals surface area contributed by atoms with Gasteiger partial charge in [0.15, 0.2) is 0 Å². The van der Waals surface area contributed by atoms with Crippen LogP contribution in [0.4, 0.5) is 11.4 Å². The lowest BCUT2D eigenvalue weighted by molar-refractivity contribution is -0.384. The maximum atomic E-state index is 10.8. The number of nitro groups is 1. The summed E-state index contributed by atoms with van der Waals surface area (Å²) in [5.41, 5.74) is 1.98. The predicted octanol–water partition coefficient (Wildman–Crippen LogP) is 4.74. The van der Waals surface area contributed by atoms with Gasteiger partial charge in [0.25, 0.3) is 5.69 Å². The summed E-state index contributed by atoms with van der Waals surface area (Å²) in [7, 11) is 0. The first-order valence-electron chi connectivity index (χ1n) is 7.22. The van der Waals surface area contributed by atoms with Crippen LogP contribution in [0.25, 0.3) is 0 Å². The zero-order valence-electron chi connectivity index (χ0n) is 12.3. The van der Waals surface area contributed by atoms with E-state index in [4.69, 9.17) is 11.6 Å². The van der Waals surface area contributed by atoms with Gasteiger partial charge in [-0.1, -0.05) is 26.7 Å². The fourth-order valence-corrected chi connectivity index (χ4v) is 2.37. The van der Waals surface area contributed by atoms with Gasteiger partial charge in [0.05, 0.1) is 4.92 Å². The zero-order valence-corrected chi connectivity index (χ0v) is 13.0. The van der Waals surface area contributed by atoms with Gasteiger partial charge < -0.3 is 4.90 Å². The molecular formula is C15H23ClN2O2. The highest BCUT2D eigenvalue weighted by atomic mass is 35.5. The Labute approximate surface area is 125 Å². The standard InChI is InChI=1S/C15H23ClN2O2/c1-3-5-9-17(10-6-4-2)15-8-7-14(18(19)20)11-13(15)12-16/h7-8,11H,3-6,9-10,12H2,1-2H3. The van der Waals surface area contributed by atoms with Crippen LogP contribution in [0.15, 0.2) is 18.2 Å². The minimum absolute atomic E-state index is 0.107. The Morgan fingerprint density at radius 2 is 1.80 bits per heavy atom. The Morgan fingerprint density at radius 3 is 2.25 bits per heavy atom. The van der Waals surface area contributed by atoms with E-state index in [0.29, 0.717) is 5.88 Å². The number of hydrogen-bond acceptors (Lipinski definition) is 3. The van der Waals surface area contributed by atoms with E-state index in [2.05, 4.69) is 18.7 Å². The number of hydrogen-bond donors (Lipinski definition) is 0. The third-order valence-electron chi connectivity index (χ3n) is 3.32. The molecule has 0 heterocycles. The van der Waals surface area contributed by atoms with Crippen LogP contribution in [0.1, 0.15) is 45.1 Å². The van der Waals surface area contributed by atoms with E-state index >= 15 is 0 Å². The van der Waals surface area contributed by atoms with Gasteiger partial charge in [-0.25, -0.2) is 0 Å². The summed E-state index contributed by atoms with van der Waals surface area (Å²) < 4.78 is 0. The Balaban J connectivity index is 3.00. The summed E-state index contributed by atoms with van der Waals surface area (Å²) in [6.07, 6.45) is 4.49. The van der Waals surface area contributed by atoms with Crippen molar-refractivity contribution in [3.05, 3.63) is 33.9 Å². The van der Waals surface area contributed by atoms with Crippen molar-refractivity contribution in [3.63, 3.8) is 0 Å². The third kappa shape index (κ3) is 4.67. The summed E-state index contributed by atoms with van der Waals surface area (Å²) in [5.74, 6) is 0.297. The van der Waals surface area contributed by atoms with E-state index in [0.717, 1.165) is 50.0 Å². The van der Waals surface area contributed by atoms with Crippen molar-refractivity contribution in [2.45, 2.75) is 45.4 Å². The van der Waals surface area contributed by atoms with Crippen LogP contribution in [0.2, 0.25) is 0 Å². The summed E-state index contributed by atoms with van der Waals surface area (Å²) in [6, 6.07) is 4.99. The highest BCUT2D eigenvalue weighted by Gasteiger charge is 2.14. The van der Waals surface area contributed by atoms with Crippen LogP contribution in [0.5, 0.6) is 0 Å². The number of nitrogens with zero attached hydrogens (tertiary/aromatic N) is 2. The molecule has 0 radical (unpaired) electrons. The summed E-state index contributed by atoms with van der Waals surface area (Å²) >= 11 is 5.97. The van der Waals surface area contributed by atoms with Crippen LogP contribution in [-0.4, -0.2) is 18.0 Å². The van der Waals surface area contributed by atoms with Gasteiger partial charge in [0, 0.05) is 36.8 Å². The van der Waals surface area contributed by atoms with Crippen LogP contribution < -0.4 is 4.90 Å². The molecule has 0 saturated carbocycles. The average Bonchev–Trinajstić information content (AvgIpc) is 2.47. The number of unbranched alkanes of at least 4 members (excludes halogenated alkanes) is 2. The Hall–Kier alpha value is -1.29. The first-order chi connectivity index (χ1) is 9.63. The molecule has 0 aromatic heterocycles. The van der Waals surface area contributed by atoms with Crippen molar-refractivity contribution >= 4 is 23.0 Å². The minimum atomic E-state index is -0.373. The molecule has 4 nitrogen and oxygen atoms in total. The topological polar surface area (TPSA) is 46.4 Å². The molecule has 0 saturated heterocycles. The number of alkyl halides is 1. The summed E-state index contributed by atoms with van der Waals surface area (Å²) in [5, 5.41) is 10.8. The lowest BCUT2D eigenvalue weighted by Crippen LogP contribution is -2.26. The van der Waals surface area contributed by atoms with E-state index in [9.17, 15) is 10.1 Å². The first kappa shape index (κ1) is 16.8. The molecule has 20 heavy (non-hydrogen) atoms. The molecular weight excluding hydrogens is 276 g/mol.